The van der Waals surface area contributed by atoms with Gasteiger partial charge < -0.3 is 26.8 Å². The van der Waals surface area contributed by atoms with Crippen LogP contribution in [0.3, 0.4) is 0 Å². The molecule has 0 aromatic heterocycles. The summed E-state index contributed by atoms with van der Waals surface area (Å²) in [6, 6.07) is -0.888. The molecule has 0 fully saturated rings. The van der Waals surface area contributed by atoms with Crippen LogP contribution in [0.1, 0.15) is 33.6 Å². The molecule has 0 spiro atoms. The van der Waals surface area contributed by atoms with Gasteiger partial charge >= 0.3 is 6.09 Å². The Kier molecular flexibility index (Phi) is 10.8. The maximum Gasteiger partial charge on any atom is 0.408 e. The van der Waals surface area contributed by atoms with E-state index in [-0.39, 0.29) is 18.9 Å². The molecular formula is C13H26N6O4S2. The summed E-state index contributed by atoms with van der Waals surface area (Å²) in [5.41, 5.74) is 9.77. The first-order valence-electron chi connectivity index (χ1n) is 7.47. The maximum absolute atomic E-state index is 12.2. The first kappa shape index (κ1) is 23.2. The Labute approximate surface area is 156 Å². The van der Waals surface area contributed by atoms with Gasteiger partial charge in [-0.3, -0.25) is 19.3 Å². The van der Waals surface area contributed by atoms with Gasteiger partial charge in [0, 0.05) is 17.5 Å². The van der Waals surface area contributed by atoms with E-state index in [1.54, 1.807) is 20.8 Å². The first-order valence-corrected chi connectivity index (χ1v) is 9.34. The van der Waals surface area contributed by atoms with Crippen molar-refractivity contribution in [1.29, 1.82) is 0 Å². The molecule has 0 saturated heterocycles. The Morgan fingerprint density at radius 3 is 2.44 bits per heavy atom. The van der Waals surface area contributed by atoms with Crippen LogP contribution in [0.4, 0.5) is 4.79 Å². The number of ether oxygens (including phenoxy) is 1. The van der Waals surface area contributed by atoms with Crippen molar-refractivity contribution in [3.05, 3.63) is 0 Å². The Morgan fingerprint density at radius 1 is 1.28 bits per heavy atom. The Morgan fingerprint density at radius 2 is 1.92 bits per heavy atom. The molecule has 0 heterocycles. The summed E-state index contributed by atoms with van der Waals surface area (Å²) in [6.07, 6.45) is -0.0141. The van der Waals surface area contributed by atoms with Crippen molar-refractivity contribution in [3.63, 3.8) is 0 Å². The van der Waals surface area contributed by atoms with E-state index in [1.165, 1.54) is 0 Å². The zero-order valence-electron chi connectivity index (χ0n) is 14.5. The molecule has 0 radical (unpaired) electrons. The van der Waals surface area contributed by atoms with Gasteiger partial charge in [-0.15, -0.1) is 0 Å². The van der Waals surface area contributed by atoms with Crippen LogP contribution in [0.5, 0.6) is 0 Å². The third-order valence-electron chi connectivity index (χ3n) is 2.54. The second-order valence-corrected chi connectivity index (χ2v) is 6.92. The summed E-state index contributed by atoms with van der Waals surface area (Å²) in [6.45, 7) is 5.19. The van der Waals surface area contributed by atoms with Crippen molar-refractivity contribution < 1.29 is 19.1 Å². The highest BCUT2D eigenvalue weighted by Crippen LogP contribution is 2.08. The van der Waals surface area contributed by atoms with Crippen molar-refractivity contribution in [2.45, 2.75) is 45.3 Å². The van der Waals surface area contributed by atoms with E-state index in [2.05, 4.69) is 32.0 Å². The van der Waals surface area contributed by atoms with E-state index >= 15 is 0 Å². The molecular weight excluding hydrogens is 368 g/mol. The lowest BCUT2D eigenvalue weighted by Crippen LogP contribution is -2.49. The fourth-order valence-corrected chi connectivity index (χ4v) is 2.08. The summed E-state index contributed by atoms with van der Waals surface area (Å²) in [5, 5.41) is 4.91. The predicted octanol–water partition coefficient (Wildman–Crippen LogP) is -0.341. The fraction of sp³-hybridized carbons (Fsp3) is 0.692. The molecule has 10 nitrogen and oxygen atoms in total. The summed E-state index contributed by atoms with van der Waals surface area (Å²) in [7, 11) is 0.822. The molecule has 0 aromatic rings. The second kappa shape index (κ2) is 11.7. The number of rotatable bonds is 9. The molecule has 144 valence electrons. The number of nitrogens with one attached hydrogen (secondary N) is 3. The van der Waals surface area contributed by atoms with Crippen LogP contribution in [0.2, 0.25) is 0 Å². The van der Waals surface area contributed by atoms with Crippen LogP contribution in [0.25, 0.3) is 0 Å². The van der Waals surface area contributed by atoms with E-state index in [0.29, 0.717) is 13.0 Å². The number of hydrogen-bond donors (Lipinski definition) is 6. The molecule has 12 heteroatoms. The molecule has 1 unspecified atom stereocenters. The number of amides is 3. The van der Waals surface area contributed by atoms with Crippen LogP contribution in [0.15, 0.2) is 4.99 Å². The fourth-order valence-electron chi connectivity index (χ4n) is 1.60. The van der Waals surface area contributed by atoms with Gasteiger partial charge in [-0.25, -0.2) is 4.79 Å². The van der Waals surface area contributed by atoms with Gasteiger partial charge in [0.2, 0.25) is 11.8 Å². The van der Waals surface area contributed by atoms with Crippen molar-refractivity contribution >= 4 is 46.5 Å². The van der Waals surface area contributed by atoms with Gasteiger partial charge in [-0.05, 0) is 33.6 Å². The molecule has 0 aliphatic carbocycles. The van der Waals surface area contributed by atoms with Gasteiger partial charge in [0.15, 0.2) is 5.96 Å². The molecule has 0 saturated carbocycles. The van der Waals surface area contributed by atoms with Crippen LogP contribution in [0, 0.1) is 0 Å². The standard InChI is InChI=1S/C13H26N6O4S2/c1-13(2,3)23-12(22)18-8(5-4-6-16-11(14)15)10(21)17-7-9(20)19-25-24/h8,24H,4-7H2,1-3H3,(H,17,21)(H,18,22)(H,19,20)(H4,14,15,16). The molecule has 3 amide bonds. The lowest BCUT2D eigenvalue weighted by atomic mass is 10.1. The largest absolute Gasteiger partial charge is 0.444 e. The minimum Gasteiger partial charge on any atom is -0.444 e. The number of hydrogen-bond acceptors (Lipinski definition) is 7. The highest BCUT2D eigenvalue weighted by atomic mass is 33.1. The van der Waals surface area contributed by atoms with E-state index < -0.39 is 29.6 Å². The molecule has 0 aliphatic heterocycles. The average molecular weight is 395 g/mol. The zero-order valence-corrected chi connectivity index (χ0v) is 16.2. The van der Waals surface area contributed by atoms with Crippen LogP contribution >= 0.6 is 22.6 Å². The number of alkyl carbamates (subject to hydrolysis) is 1. The quantitative estimate of drug-likeness (QED) is 0.0778. The third-order valence-corrected chi connectivity index (χ3v) is 3.13. The van der Waals surface area contributed by atoms with E-state index in [9.17, 15) is 14.4 Å². The molecule has 7 N–H and O–H groups in total. The highest BCUT2D eigenvalue weighted by Gasteiger charge is 2.24. The van der Waals surface area contributed by atoms with E-state index in [0.717, 1.165) is 11.0 Å². The first-order chi connectivity index (χ1) is 11.5. The van der Waals surface area contributed by atoms with E-state index in [4.69, 9.17) is 16.2 Å². The van der Waals surface area contributed by atoms with Gasteiger partial charge in [-0.1, -0.05) is 11.7 Å². The summed E-state index contributed by atoms with van der Waals surface area (Å²) >= 11 is 3.77. The maximum atomic E-state index is 12.2. The Hall–Kier alpha value is -1.82. The smallest absolute Gasteiger partial charge is 0.408 e. The number of nitrogens with zero attached hydrogens (tertiary/aromatic N) is 1. The van der Waals surface area contributed by atoms with Gasteiger partial charge in [0.05, 0.1) is 6.54 Å². The summed E-state index contributed by atoms with van der Waals surface area (Å²) in [5.74, 6) is -0.998. The van der Waals surface area contributed by atoms with Crippen molar-refractivity contribution in [1.82, 2.24) is 15.4 Å². The number of guanidine groups is 1. The average Bonchev–Trinajstić information content (AvgIpc) is 2.46. The topological polar surface area (TPSA) is 161 Å². The second-order valence-electron chi connectivity index (χ2n) is 5.98. The highest BCUT2D eigenvalue weighted by molar-refractivity contribution is 8.68. The van der Waals surface area contributed by atoms with Crippen LogP contribution < -0.4 is 26.8 Å². The normalized spacial score (nSPS) is 11.8. The number of thiol groups is 1. The van der Waals surface area contributed by atoms with Crippen molar-refractivity contribution in [2.75, 3.05) is 13.1 Å². The molecule has 25 heavy (non-hydrogen) atoms. The molecule has 0 bridgehead atoms. The van der Waals surface area contributed by atoms with Crippen LogP contribution in [-0.2, 0) is 14.3 Å². The minimum atomic E-state index is -0.888. The summed E-state index contributed by atoms with van der Waals surface area (Å²) in [4.78, 5) is 39.3. The number of carbonyl (C=O) groups is 3. The number of aliphatic imine (C=N–C) groups is 1. The van der Waals surface area contributed by atoms with Gasteiger partial charge in [0.25, 0.3) is 0 Å². The van der Waals surface area contributed by atoms with E-state index in [1.807, 2.05) is 0 Å². The number of nitrogens with two attached hydrogens (primary N) is 2. The Balaban J connectivity index is 4.69. The van der Waals surface area contributed by atoms with Crippen molar-refractivity contribution in [3.8, 4) is 0 Å². The minimum absolute atomic E-state index is 0.0537. The van der Waals surface area contributed by atoms with Gasteiger partial charge in [0.1, 0.15) is 11.6 Å². The summed E-state index contributed by atoms with van der Waals surface area (Å²) < 4.78 is 7.48. The monoisotopic (exact) mass is 394 g/mol. The number of carbonyl (C=O) groups excluding carboxylic acids is 3. The van der Waals surface area contributed by atoms with Gasteiger partial charge in [-0.2, -0.15) is 0 Å². The lowest BCUT2D eigenvalue weighted by Gasteiger charge is -2.23. The SMILES string of the molecule is CC(C)(C)OC(=O)NC(CCCN=C(N)N)C(=O)NCC(=O)NSS. The van der Waals surface area contributed by atoms with Crippen LogP contribution in [-0.4, -0.2) is 48.6 Å². The molecule has 0 rings (SSSR count). The molecule has 0 aromatic carbocycles. The zero-order chi connectivity index (χ0) is 19.5. The molecule has 0 aliphatic rings. The lowest BCUT2D eigenvalue weighted by molar-refractivity contribution is -0.126. The Bertz CT molecular complexity index is 491. The predicted molar refractivity (Wildman–Crippen MR) is 101 cm³/mol. The third kappa shape index (κ3) is 13.2. The van der Waals surface area contributed by atoms with Crippen molar-refractivity contribution in [2.24, 2.45) is 16.5 Å². The molecule has 1 atom stereocenters.